The first kappa shape index (κ1) is 13.8. The van der Waals surface area contributed by atoms with Crippen LogP contribution in [0.3, 0.4) is 0 Å². The minimum Gasteiger partial charge on any atom is -0.445 e. The van der Waals surface area contributed by atoms with E-state index in [2.05, 4.69) is 32.9 Å². The second-order valence-corrected chi connectivity index (χ2v) is 5.90. The number of thiocarbonyl (C=S) groups is 1. The van der Waals surface area contributed by atoms with E-state index in [9.17, 15) is 0 Å². The highest BCUT2D eigenvalue weighted by Crippen LogP contribution is 2.24. The van der Waals surface area contributed by atoms with Crippen molar-refractivity contribution in [3.8, 4) is 5.75 Å². The van der Waals surface area contributed by atoms with Crippen LogP contribution in [-0.2, 0) is 5.41 Å². The zero-order valence-corrected chi connectivity index (χ0v) is 12.3. The smallest absolute Gasteiger partial charge is 0.198 e. The molecule has 0 atom stereocenters. The van der Waals surface area contributed by atoms with Crippen molar-refractivity contribution in [3.63, 3.8) is 0 Å². The molecule has 2 rings (SSSR count). The third kappa shape index (κ3) is 3.65. The quantitative estimate of drug-likeness (QED) is 0.729. The van der Waals surface area contributed by atoms with Crippen LogP contribution >= 0.6 is 12.2 Å². The zero-order valence-electron chi connectivity index (χ0n) is 11.5. The van der Waals surface area contributed by atoms with E-state index in [1.807, 2.05) is 42.5 Å². The lowest BCUT2D eigenvalue weighted by Crippen LogP contribution is -2.11. The summed E-state index contributed by atoms with van der Waals surface area (Å²) in [5, 5.41) is 0.504. The Morgan fingerprint density at radius 3 is 2.00 bits per heavy atom. The lowest BCUT2D eigenvalue weighted by Gasteiger charge is -2.19. The molecule has 2 aromatic rings. The van der Waals surface area contributed by atoms with Crippen molar-refractivity contribution in [2.45, 2.75) is 26.2 Å². The lowest BCUT2D eigenvalue weighted by molar-refractivity contribution is 0.560. The molecule has 0 heterocycles. The number of ether oxygens (including phenoxy) is 1. The Morgan fingerprint density at radius 1 is 0.895 bits per heavy atom. The largest absolute Gasteiger partial charge is 0.445 e. The summed E-state index contributed by atoms with van der Waals surface area (Å²) in [4.78, 5) is 0. The first-order valence-electron chi connectivity index (χ1n) is 6.34. The SMILES string of the molecule is CC(C)(C)c1ccc(OC(=S)c2ccccc2)cc1. The van der Waals surface area contributed by atoms with E-state index in [1.54, 1.807) is 0 Å². The van der Waals surface area contributed by atoms with E-state index < -0.39 is 0 Å². The molecule has 0 unspecified atom stereocenters. The van der Waals surface area contributed by atoms with E-state index in [0.717, 1.165) is 11.3 Å². The third-order valence-corrected chi connectivity index (χ3v) is 3.26. The summed E-state index contributed by atoms with van der Waals surface area (Å²) in [6, 6.07) is 17.9. The van der Waals surface area contributed by atoms with Gasteiger partial charge in [0.05, 0.1) is 0 Å². The van der Waals surface area contributed by atoms with Crippen LogP contribution in [0.15, 0.2) is 54.6 Å². The summed E-state index contributed by atoms with van der Waals surface area (Å²) < 4.78 is 5.70. The molecule has 0 aromatic heterocycles. The van der Waals surface area contributed by atoms with Crippen molar-refractivity contribution in [2.24, 2.45) is 0 Å². The Balaban J connectivity index is 2.10. The molecule has 0 bridgehead atoms. The van der Waals surface area contributed by atoms with Crippen molar-refractivity contribution in [1.82, 2.24) is 0 Å². The molecule has 0 fully saturated rings. The molecule has 2 heteroatoms. The molecule has 2 aromatic carbocycles. The van der Waals surface area contributed by atoms with Gasteiger partial charge in [0.15, 0.2) is 5.05 Å². The fourth-order valence-corrected chi connectivity index (χ4v) is 2.00. The van der Waals surface area contributed by atoms with Crippen molar-refractivity contribution in [1.29, 1.82) is 0 Å². The lowest BCUT2D eigenvalue weighted by atomic mass is 9.87. The Hall–Kier alpha value is -1.67. The van der Waals surface area contributed by atoms with Crippen molar-refractivity contribution in [3.05, 3.63) is 65.7 Å². The number of rotatable bonds is 2. The molecule has 0 radical (unpaired) electrons. The van der Waals surface area contributed by atoms with Gasteiger partial charge in [-0.1, -0.05) is 63.2 Å². The molecule has 0 saturated carbocycles. The molecule has 0 aliphatic rings. The highest BCUT2D eigenvalue weighted by molar-refractivity contribution is 7.80. The van der Waals surface area contributed by atoms with Gasteiger partial charge in [-0.2, -0.15) is 0 Å². The Bertz CT molecular complexity index is 550. The fraction of sp³-hybridized carbons (Fsp3) is 0.235. The van der Waals surface area contributed by atoms with Crippen LogP contribution in [0.25, 0.3) is 0 Å². The van der Waals surface area contributed by atoms with Gasteiger partial charge in [-0.3, -0.25) is 0 Å². The summed E-state index contributed by atoms with van der Waals surface area (Å²) in [5.41, 5.74) is 2.36. The Labute approximate surface area is 120 Å². The Kier molecular flexibility index (Phi) is 4.01. The van der Waals surface area contributed by atoms with Gasteiger partial charge in [0, 0.05) is 5.56 Å². The summed E-state index contributed by atoms with van der Waals surface area (Å²) in [6.45, 7) is 6.58. The molecule has 0 aliphatic heterocycles. The predicted molar refractivity (Wildman–Crippen MR) is 83.9 cm³/mol. The van der Waals surface area contributed by atoms with E-state index in [4.69, 9.17) is 17.0 Å². The van der Waals surface area contributed by atoms with E-state index >= 15 is 0 Å². The van der Waals surface area contributed by atoms with Crippen LogP contribution in [0.4, 0.5) is 0 Å². The molecular weight excluding hydrogens is 252 g/mol. The normalized spacial score (nSPS) is 11.1. The maximum atomic E-state index is 5.70. The second kappa shape index (κ2) is 5.54. The first-order chi connectivity index (χ1) is 8.97. The van der Waals surface area contributed by atoms with E-state index in [-0.39, 0.29) is 5.41 Å². The van der Waals surface area contributed by atoms with Gasteiger partial charge in [-0.25, -0.2) is 0 Å². The number of benzene rings is 2. The monoisotopic (exact) mass is 270 g/mol. The van der Waals surface area contributed by atoms with Gasteiger partial charge in [0.2, 0.25) is 0 Å². The Morgan fingerprint density at radius 2 is 1.47 bits per heavy atom. The van der Waals surface area contributed by atoms with Crippen molar-refractivity contribution >= 4 is 17.3 Å². The second-order valence-electron chi connectivity index (χ2n) is 5.53. The highest BCUT2D eigenvalue weighted by Gasteiger charge is 2.13. The van der Waals surface area contributed by atoms with Gasteiger partial charge in [-0.15, -0.1) is 0 Å². The van der Waals surface area contributed by atoms with Crippen LogP contribution < -0.4 is 4.74 Å². The van der Waals surface area contributed by atoms with Crippen molar-refractivity contribution < 1.29 is 4.74 Å². The third-order valence-electron chi connectivity index (χ3n) is 2.94. The van der Waals surface area contributed by atoms with Crippen LogP contribution in [0.2, 0.25) is 0 Å². The molecule has 0 aliphatic carbocycles. The van der Waals surface area contributed by atoms with Gasteiger partial charge in [-0.05, 0) is 35.3 Å². The van der Waals surface area contributed by atoms with Gasteiger partial charge in [0.1, 0.15) is 5.75 Å². The van der Waals surface area contributed by atoms with Crippen LogP contribution in [0.1, 0.15) is 31.9 Å². The fourth-order valence-electron chi connectivity index (χ4n) is 1.76. The maximum Gasteiger partial charge on any atom is 0.198 e. The standard InChI is InChI=1S/C17H18OS/c1-17(2,3)14-9-11-15(12-10-14)18-16(19)13-7-5-4-6-8-13/h4-12H,1-3H3. The summed E-state index contributed by atoms with van der Waals surface area (Å²) in [5.74, 6) is 0.779. The summed E-state index contributed by atoms with van der Waals surface area (Å²) >= 11 is 5.29. The van der Waals surface area contributed by atoms with E-state index in [1.165, 1.54) is 5.56 Å². The van der Waals surface area contributed by atoms with Gasteiger partial charge < -0.3 is 4.74 Å². The number of hydrogen-bond donors (Lipinski definition) is 0. The first-order valence-corrected chi connectivity index (χ1v) is 6.75. The summed E-state index contributed by atoms with van der Waals surface area (Å²) in [7, 11) is 0. The molecule has 98 valence electrons. The predicted octanol–water partition coefficient (Wildman–Crippen LogP) is 4.74. The molecule has 19 heavy (non-hydrogen) atoms. The van der Waals surface area contributed by atoms with E-state index in [0.29, 0.717) is 5.05 Å². The van der Waals surface area contributed by atoms with Crippen LogP contribution in [0, 0.1) is 0 Å². The topological polar surface area (TPSA) is 9.23 Å². The molecule has 1 nitrogen and oxygen atoms in total. The summed E-state index contributed by atoms with van der Waals surface area (Å²) in [6.07, 6.45) is 0. The van der Waals surface area contributed by atoms with Crippen LogP contribution in [-0.4, -0.2) is 5.05 Å². The average Bonchev–Trinajstić information content (AvgIpc) is 2.39. The molecule has 0 spiro atoms. The van der Waals surface area contributed by atoms with Crippen molar-refractivity contribution in [2.75, 3.05) is 0 Å². The maximum absolute atomic E-state index is 5.70. The zero-order chi connectivity index (χ0) is 13.9. The molecule has 0 N–H and O–H groups in total. The molecular formula is C17H18OS. The molecule has 0 amide bonds. The molecule has 0 saturated heterocycles. The van der Waals surface area contributed by atoms with Gasteiger partial charge in [0.25, 0.3) is 0 Å². The highest BCUT2D eigenvalue weighted by atomic mass is 32.1. The van der Waals surface area contributed by atoms with Gasteiger partial charge >= 0.3 is 0 Å². The average molecular weight is 270 g/mol. The van der Waals surface area contributed by atoms with Crippen LogP contribution in [0.5, 0.6) is 5.75 Å². The minimum atomic E-state index is 0.151. The minimum absolute atomic E-state index is 0.151. The number of hydrogen-bond acceptors (Lipinski definition) is 2.